The molecule has 0 spiro atoms. The summed E-state index contributed by atoms with van der Waals surface area (Å²) < 4.78 is 1.06. The van der Waals surface area contributed by atoms with E-state index < -0.39 is 0 Å². The molecule has 21 heavy (non-hydrogen) atoms. The molecule has 0 heterocycles. The van der Waals surface area contributed by atoms with E-state index in [-0.39, 0.29) is 11.8 Å². The van der Waals surface area contributed by atoms with Crippen LogP contribution in [0.1, 0.15) is 57.4 Å². The largest absolute Gasteiger partial charge is 0.352 e. The second-order valence-corrected chi connectivity index (χ2v) is 7.12. The summed E-state index contributed by atoms with van der Waals surface area (Å²) in [6.45, 7) is 2.88. The summed E-state index contributed by atoms with van der Waals surface area (Å²) in [6, 6.07) is 8.11. The summed E-state index contributed by atoms with van der Waals surface area (Å²) >= 11 is 3.46. The molecule has 0 radical (unpaired) electrons. The van der Waals surface area contributed by atoms with Gasteiger partial charge in [-0.25, -0.2) is 0 Å². The molecule has 2 rings (SSSR count). The SMILES string of the molecule is CCCCC1CCC(C(=O)NCc2cccc(Br)c2)CC1. The average molecular weight is 352 g/mol. The summed E-state index contributed by atoms with van der Waals surface area (Å²) in [5, 5.41) is 3.09. The quantitative estimate of drug-likeness (QED) is 0.762. The van der Waals surface area contributed by atoms with Gasteiger partial charge in [0.2, 0.25) is 5.91 Å². The highest BCUT2D eigenvalue weighted by Gasteiger charge is 2.25. The molecule has 3 heteroatoms. The third-order valence-corrected chi connectivity index (χ3v) is 5.03. The third kappa shape index (κ3) is 5.46. The van der Waals surface area contributed by atoms with Gasteiger partial charge in [-0.3, -0.25) is 4.79 Å². The fourth-order valence-electron chi connectivity index (χ4n) is 3.19. The zero-order valence-corrected chi connectivity index (χ0v) is 14.5. The van der Waals surface area contributed by atoms with E-state index in [1.54, 1.807) is 0 Å². The van der Waals surface area contributed by atoms with Crippen molar-refractivity contribution in [3.63, 3.8) is 0 Å². The highest BCUT2D eigenvalue weighted by atomic mass is 79.9. The van der Waals surface area contributed by atoms with Gasteiger partial charge in [0.25, 0.3) is 0 Å². The molecule has 0 bridgehead atoms. The number of hydrogen-bond acceptors (Lipinski definition) is 1. The highest BCUT2D eigenvalue weighted by Crippen LogP contribution is 2.32. The van der Waals surface area contributed by atoms with Crippen LogP contribution >= 0.6 is 15.9 Å². The number of carbonyl (C=O) groups excluding carboxylic acids is 1. The van der Waals surface area contributed by atoms with Crippen LogP contribution in [0.15, 0.2) is 28.7 Å². The molecule has 2 nitrogen and oxygen atoms in total. The number of amides is 1. The van der Waals surface area contributed by atoms with Gasteiger partial charge in [-0.05, 0) is 49.3 Å². The zero-order chi connectivity index (χ0) is 15.1. The van der Waals surface area contributed by atoms with Crippen LogP contribution in [0.4, 0.5) is 0 Å². The Morgan fingerprint density at radius 3 is 2.71 bits per heavy atom. The van der Waals surface area contributed by atoms with Crippen molar-refractivity contribution in [1.82, 2.24) is 5.32 Å². The van der Waals surface area contributed by atoms with Gasteiger partial charge in [-0.15, -0.1) is 0 Å². The average Bonchev–Trinajstić information content (AvgIpc) is 2.51. The maximum absolute atomic E-state index is 12.3. The van der Waals surface area contributed by atoms with Crippen LogP contribution in [-0.4, -0.2) is 5.91 Å². The lowest BCUT2D eigenvalue weighted by molar-refractivity contribution is -0.126. The topological polar surface area (TPSA) is 29.1 Å². The lowest BCUT2D eigenvalue weighted by Crippen LogP contribution is -2.32. The van der Waals surface area contributed by atoms with Gasteiger partial charge in [0.1, 0.15) is 0 Å². The number of unbranched alkanes of at least 4 members (excludes halogenated alkanes) is 1. The van der Waals surface area contributed by atoms with Crippen molar-refractivity contribution in [3.8, 4) is 0 Å². The standard InChI is InChI=1S/C18H26BrNO/c1-2-3-5-14-8-10-16(11-9-14)18(21)20-13-15-6-4-7-17(19)12-15/h4,6-7,12,14,16H,2-3,5,8-11,13H2,1H3,(H,20,21). The summed E-state index contributed by atoms with van der Waals surface area (Å²) in [6.07, 6.45) is 8.57. The molecule has 0 unspecified atom stereocenters. The molecule has 0 saturated heterocycles. The molecule has 1 aliphatic carbocycles. The molecule has 1 aliphatic rings. The summed E-state index contributed by atoms with van der Waals surface area (Å²) in [4.78, 5) is 12.3. The second-order valence-electron chi connectivity index (χ2n) is 6.21. The van der Waals surface area contributed by atoms with Crippen LogP contribution in [0, 0.1) is 11.8 Å². The van der Waals surface area contributed by atoms with Crippen molar-refractivity contribution >= 4 is 21.8 Å². The molecular formula is C18H26BrNO. The van der Waals surface area contributed by atoms with Crippen LogP contribution in [-0.2, 0) is 11.3 Å². The summed E-state index contributed by atoms with van der Waals surface area (Å²) in [7, 11) is 0. The lowest BCUT2D eigenvalue weighted by atomic mass is 9.79. The first-order chi connectivity index (χ1) is 10.2. The van der Waals surface area contributed by atoms with Gasteiger partial charge in [-0.1, -0.05) is 54.2 Å². The number of nitrogens with one attached hydrogen (secondary N) is 1. The molecule has 1 N–H and O–H groups in total. The number of hydrogen-bond donors (Lipinski definition) is 1. The fourth-order valence-corrected chi connectivity index (χ4v) is 3.63. The van der Waals surface area contributed by atoms with Crippen LogP contribution in [0.2, 0.25) is 0 Å². The Balaban J connectivity index is 1.72. The van der Waals surface area contributed by atoms with Gasteiger partial charge < -0.3 is 5.32 Å². The second kappa shape index (κ2) is 8.57. The van der Waals surface area contributed by atoms with E-state index >= 15 is 0 Å². The monoisotopic (exact) mass is 351 g/mol. The fraction of sp³-hybridized carbons (Fsp3) is 0.611. The highest BCUT2D eigenvalue weighted by molar-refractivity contribution is 9.10. The normalized spacial score (nSPS) is 22.0. The Morgan fingerprint density at radius 1 is 1.29 bits per heavy atom. The van der Waals surface area contributed by atoms with Crippen molar-refractivity contribution in [2.75, 3.05) is 0 Å². The third-order valence-electron chi connectivity index (χ3n) is 4.54. The molecule has 0 aliphatic heterocycles. The maximum atomic E-state index is 12.3. The van der Waals surface area contributed by atoms with Crippen molar-refractivity contribution in [2.24, 2.45) is 11.8 Å². The van der Waals surface area contributed by atoms with Gasteiger partial charge in [0, 0.05) is 16.9 Å². The Kier molecular flexibility index (Phi) is 6.75. The first-order valence-electron chi connectivity index (χ1n) is 8.21. The molecule has 116 valence electrons. The Labute approximate surface area is 136 Å². The van der Waals surface area contributed by atoms with Crippen molar-refractivity contribution < 1.29 is 4.79 Å². The van der Waals surface area contributed by atoms with E-state index in [1.165, 1.54) is 32.1 Å². The lowest BCUT2D eigenvalue weighted by Gasteiger charge is -2.27. The smallest absolute Gasteiger partial charge is 0.223 e. The number of carbonyl (C=O) groups is 1. The van der Waals surface area contributed by atoms with Crippen molar-refractivity contribution in [2.45, 2.75) is 58.4 Å². The minimum Gasteiger partial charge on any atom is -0.352 e. The predicted molar refractivity (Wildman–Crippen MR) is 91.0 cm³/mol. The first kappa shape index (κ1) is 16.5. The summed E-state index contributed by atoms with van der Waals surface area (Å²) in [5.74, 6) is 1.33. The number of benzene rings is 1. The molecule has 0 atom stereocenters. The minimum atomic E-state index is 0.232. The molecular weight excluding hydrogens is 326 g/mol. The Bertz CT molecular complexity index is 452. The summed E-state index contributed by atoms with van der Waals surface area (Å²) in [5.41, 5.74) is 1.15. The van der Waals surface area contributed by atoms with E-state index in [9.17, 15) is 4.79 Å². The number of halogens is 1. The van der Waals surface area contributed by atoms with Crippen molar-refractivity contribution in [3.05, 3.63) is 34.3 Å². The van der Waals surface area contributed by atoms with Crippen LogP contribution in [0.5, 0.6) is 0 Å². The van der Waals surface area contributed by atoms with E-state index in [0.717, 1.165) is 28.8 Å². The van der Waals surface area contributed by atoms with Crippen LogP contribution < -0.4 is 5.32 Å². The van der Waals surface area contributed by atoms with Gasteiger partial charge >= 0.3 is 0 Å². The van der Waals surface area contributed by atoms with E-state index in [1.807, 2.05) is 18.2 Å². The van der Waals surface area contributed by atoms with Crippen molar-refractivity contribution in [1.29, 1.82) is 0 Å². The number of rotatable bonds is 6. The van der Waals surface area contributed by atoms with E-state index in [4.69, 9.17) is 0 Å². The van der Waals surface area contributed by atoms with E-state index in [2.05, 4.69) is 34.2 Å². The Morgan fingerprint density at radius 2 is 2.05 bits per heavy atom. The zero-order valence-electron chi connectivity index (χ0n) is 12.9. The predicted octanol–water partition coefficient (Wildman–Crippen LogP) is 5.06. The molecule has 1 aromatic rings. The van der Waals surface area contributed by atoms with Gasteiger partial charge in [-0.2, -0.15) is 0 Å². The molecule has 1 aromatic carbocycles. The first-order valence-corrected chi connectivity index (χ1v) is 9.00. The van der Waals surface area contributed by atoms with Gasteiger partial charge in [0.15, 0.2) is 0 Å². The Hall–Kier alpha value is -0.830. The van der Waals surface area contributed by atoms with Gasteiger partial charge in [0.05, 0.1) is 0 Å². The maximum Gasteiger partial charge on any atom is 0.223 e. The van der Waals surface area contributed by atoms with Crippen LogP contribution in [0.25, 0.3) is 0 Å². The van der Waals surface area contributed by atoms with Crippen LogP contribution in [0.3, 0.4) is 0 Å². The van der Waals surface area contributed by atoms with E-state index in [0.29, 0.717) is 6.54 Å². The molecule has 1 saturated carbocycles. The molecule has 1 fully saturated rings. The molecule has 1 amide bonds. The molecule has 0 aromatic heterocycles. The minimum absolute atomic E-state index is 0.232.